The van der Waals surface area contributed by atoms with Gasteiger partial charge in [0.15, 0.2) is 5.82 Å². The van der Waals surface area contributed by atoms with Crippen LogP contribution < -0.4 is 4.90 Å². The fourth-order valence-corrected chi connectivity index (χ4v) is 1.84. The van der Waals surface area contributed by atoms with E-state index < -0.39 is 0 Å². The topological polar surface area (TPSA) is 79.1 Å². The molecular weight excluding hydrogens is 256 g/mol. The fraction of sp³-hybridized carbons (Fsp3) is 0.571. The average Bonchev–Trinajstić information content (AvgIpc) is 2.41. The summed E-state index contributed by atoms with van der Waals surface area (Å²) in [7, 11) is 0. The molecule has 108 valence electrons. The highest BCUT2D eigenvalue weighted by Gasteiger charge is 2.19. The monoisotopic (exact) mass is 276 g/mol. The number of carbonyl (C=O) groups is 1. The number of ether oxygens (including phenoxy) is 1. The van der Waals surface area contributed by atoms with Crippen molar-refractivity contribution >= 4 is 11.8 Å². The molecule has 0 radical (unpaired) electrons. The molecule has 0 aliphatic rings. The van der Waals surface area contributed by atoms with Crippen molar-refractivity contribution in [3.05, 3.63) is 16.8 Å². The molecule has 1 aromatic rings. The van der Waals surface area contributed by atoms with E-state index in [1.54, 1.807) is 11.8 Å². The van der Waals surface area contributed by atoms with E-state index in [0.29, 0.717) is 24.5 Å². The molecule has 20 heavy (non-hydrogen) atoms. The van der Waals surface area contributed by atoms with Gasteiger partial charge < -0.3 is 9.64 Å². The minimum atomic E-state index is -0.329. The highest BCUT2D eigenvalue weighted by atomic mass is 16.5. The summed E-state index contributed by atoms with van der Waals surface area (Å²) < 4.78 is 4.96. The van der Waals surface area contributed by atoms with Crippen molar-refractivity contribution < 1.29 is 9.53 Å². The number of carbonyl (C=O) groups excluding carboxylic acids is 1. The van der Waals surface area contributed by atoms with Gasteiger partial charge in [0.1, 0.15) is 18.2 Å². The van der Waals surface area contributed by atoms with Crippen molar-refractivity contribution in [2.45, 2.75) is 34.1 Å². The second-order valence-corrected chi connectivity index (χ2v) is 4.45. The summed E-state index contributed by atoms with van der Waals surface area (Å²) in [5.74, 6) is 0.121. The SMILES string of the molecule is CCCN(CC(=O)OCC)c1nnc(C)c(C)c1C#N. The molecule has 6 heteroatoms. The minimum absolute atomic E-state index is 0.0769. The highest BCUT2D eigenvalue weighted by molar-refractivity contribution is 5.76. The van der Waals surface area contributed by atoms with Crippen LogP contribution in [-0.4, -0.2) is 35.9 Å². The van der Waals surface area contributed by atoms with Crippen molar-refractivity contribution in [3.63, 3.8) is 0 Å². The number of nitrogens with zero attached hydrogens (tertiary/aromatic N) is 4. The summed E-state index contributed by atoms with van der Waals surface area (Å²) >= 11 is 0. The van der Waals surface area contributed by atoms with Crippen LogP contribution in [0.1, 0.15) is 37.1 Å². The maximum absolute atomic E-state index is 11.7. The van der Waals surface area contributed by atoms with Gasteiger partial charge in [-0.1, -0.05) is 6.92 Å². The third kappa shape index (κ3) is 3.67. The number of hydrogen-bond acceptors (Lipinski definition) is 6. The predicted molar refractivity (Wildman–Crippen MR) is 75.4 cm³/mol. The van der Waals surface area contributed by atoms with Crippen molar-refractivity contribution in [2.75, 3.05) is 24.6 Å². The average molecular weight is 276 g/mol. The molecule has 0 aliphatic heterocycles. The summed E-state index contributed by atoms with van der Waals surface area (Å²) in [6, 6.07) is 2.15. The number of rotatable bonds is 6. The molecule has 1 rings (SSSR count). The number of nitriles is 1. The number of aryl methyl sites for hydroxylation is 1. The standard InChI is InChI=1S/C14H20N4O2/c1-5-7-18(9-13(19)20-6-2)14-12(8-15)10(3)11(4)16-17-14/h5-7,9H2,1-4H3. The number of aromatic nitrogens is 2. The van der Waals surface area contributed by atoms with Crippen molar-refractivity contribution in [2.24, 2.45) is 0 Å². The van der Waals surface area contributed by atoms with E-state index in [-0.39, 0.29) is 12.5 Å². The van der Waals surface area contributed by atoms with Crippen LogP contribution in [0.15, 0.2) is 0 Å². The fourth-order valence-electron chi connectivity index (χ4n) is 1.84. The lowest BCUT2D eigenvalue weighted by Crippen LogP contribution is -2.33. The molecule has 1 heterocycles. The van der Waals surface area contributed by atoms with Crippen molar-refractivity contribution in [1.82, 2.24) is 10.2 Å². The largest absolute Gasteiger partial charge is 0.465 e. The van der Waals surface area contributed by atoms with Gasteiger partial charge in [-0.3, -0.25) is 4.79 Å². The molecule has 0 saturated heterocycles. The Kier molecular flexibility index (Phi) is 5.91. The molecule has 0 fully saturated rings. The summed E-state index contributed by atoms with van der Waals surface area (Å²) in [4.78, 5) is 13.4. The van der Waals surface area contributed by atoms with E-state index in [0.717, 1.165) is 17.7 Å². The maximum Gasteiger partial charge on any atom is 0.325 e. The first kappa shape index (κ1) is 15.9. The second-order valence-electron chi connectivity index (χ2n) is 4.45. The van der Waals surface area contributed by atoms with Crippen molar-refractivity contribution in [1.29, 1.82) is 5.26 Å². The highest BCUT2D eigenvalue weighted by Crippen LogP contribution is 2.21. The van der Waals surface area contributed by atoms with E-state index in [9.17, 15) is 10.1 Å². The van der Waals surface area contributed by atoms with E-state index in [2.05, 4.69) is 16.3 Å². The van der Waals surface area contributed by atoms with Crippen LogP contribution in [0.4, 0.5) is 5.82 Å². The molecule has 0 aliphatic carbocycles. The molecule has 1 aromatic heterocycles. The van der Waals surface area contributed by atoms with E-state index in [1.807, 2.05) is 20.8 Å². The zero-order valence-corrected chi connectivity index (χ0v) is 12.4. The van der Waals surface area contributed by atoms with Crippen LogP contribution in [-0.2, 0) is 9.53 Å². The van der Waals surface area contributed by atoms with Crippen LogP contribution in [0.5, 0.6) is 0 Å². The Morgan fingerprint density at radius 3 is 2.60 bits per heavy atom. The second kappa shape index (κ2) is 7.43. The number of hydrogen-bond donors (Lipinski definition) is 0. The lowest BCUT2D eigenvalue weighted by Gasteiger charge is -2.23. The van der Waals surface area contributed by atoms with Gasteiger partial charge in [0.2, 0.25) is 0 Å². The Morgan fingerprint density at radius 1 is 1.35 bits per heavy atom. The van der Waals surface area contributed by atoms with Crippen LogP contribution in [0.3, 0.4) is 0 Å². The lowest BCUT2D eigenvalue weighted by atomic mass is 10.1. The third-order valence-electron chi connectivity index (χ3n) is 2.97. The van der Waals surface area contributed by atoms with Gasteiger partial charge in [-0.25, -0.2) is 0 Å². The third-order valence-corrected chi connectivity index (χ3v) is 2.97. The minimum Gasteiger partial charge on any atom is -0.465 e. The molecular formula is C14H20N4O2. The number of esters is 1. The molecule has 0 atom stereocenters. The first-order valence-electron chi connectivity index (χ1n) is 6.69. The first-order chi connectivity index (χ1) is 9.54. The van der Waals surface area contributed by atoms with Gasteiger partial charge in [-0.15, -0.1) is 5.10 Å². The van der Waals surface area contributed by atoms with Crippen LogP contribution >= 0.6 is 0 Å². The summed E-state index contributed by atoms with van der Waals surface area (Å²) in [5, 5.41) is 17.5. The quantitative estimate of drug-likeness (QED) is 0.736. The first-order valence-corrected chi connectivity index (χ1v) is 6.69. The van der Waals surface area contributed by atoms with Gasteiger partial charge in [-0.2, -0.15) is 10.4 Å². The Labute approximate surface area is 119 Å². The molecule has 0 bridgehead atoms. The predicted octanol–water partition coefficient (Wildman–Crippen LogP) is 1.74. The summed E-state index contributed by atoms with van der Waals surface area (Å²) in [6.07, 6.45) is 0.832. The lowest BCUT2D eigenvalue weighted by molar-refractivity contribution is -0.141. The normalized spacial score (nSPS) is 9.95. The van der Waals surface area contributed by atoms with Crippen molar-refractivity contribution in [3.8, 4) is 6.07 Å². The van der Waals surface area contributed by atoms with E-state index >= 15 is 0 Å². The van der Waals surface area contributed by atoms with Gasteiger partial charge >= 0.3 is 5.97 Å². The van der Waals surface area contributed by atoms with E-state index in [1.165, 1.54) is 0 Å². The summed E-state index contributed by atoms with van der Waals surface area (Å²) in [5.41, 5.74) is 1.98. The molecule has 0 spiro atoms. The van der Waals surface area contributed by atoms with Gasteiger partial charge in [-0.05, 0) is 32.8 Å². The Bertz CT molecular complexity index is 523. The Hall–Kier alpha value is -2.16. The summed E-state index contributed by atoms with van der Waals surface area (Å²) in [6.45, 7) is 8.43. The Morgan fingerprint density at radius 2 is 2.05 bits per heavy atom. The Balaban J connectivity index is 3.12. The van der Waals surface area contributed by atoms with Crippen LogP contribution in [0.25, 0.3) is 0 Å². The van der Waals surface area contributed by atoms with Gasteiger partial charge in [0.05, 0.1) is 12.3 Å². The maximum atomic E-state index is 11.7. The van der Waals surface area contributed by atoms with E-state index in [4.69, 9.17) is 4.74 Å². The molecule has 0 N–H and O–H groups in total. The molecule has 6 nitrogen and oxygen atoms in total. The van der Waals surface area contributed by atoms with Gasteiger partial charge in [0.25, 0.3) is 0 Å². The molecule has 0 amide bonds. The molecule has 0 aromatic carbocycles. The molecule has 0 unspecified atom stereocenters. The van der Waals surface area contributed by atoms with Crippen LogP contribution in [0, 0.1) is 25.2 Å². The molecule has 0 saturated carbocycles. The van der Waals surface area contributed by atoms with Crippen LogP contribution in [0.2, 0.25) is 0 Å². The smallest absolute Gasteiger partial charge is 0.325 e. The zero-order chi connectivity index (χ0) is 15.1. The van der Waals surface area contributed by atoms with Gasteiger partial charge in [0, 0.05) is 6.54 Å². The number of anilines is 1. The zero-order valence-electron chi connectivity index (χ0n) is 12.4.